The average molecular weight is 260 g/mol. The normalized spacial score (nSPS) is 13.1. The number of benzene rings is 1. The Bertz CT molecular complexity index is 505. The molecule has 0 fully saturated rings. The molecule has 0 spiro atoms. The zero-order valence-electron chi connectivity index (χ0n) is 11.0. The maximum Gasteiger partial charge on any atom is 0.0393 e. The van der Waals surface area contributed by atoms with Crippen molar-refractivity contribution < 1.29 is 0 Å². The standard InChI is InChI=1S/C15H20N2S/c1-11(2)9-18-10-15(16)13-5-3-4-12-6-7-17-8-14(12)13/h3-8,11,15H,9-10,16H2,1-2H3. The Hall–Kier alpha value is -1.06. The molecule has 1 heterocycles. The van der Waals surface area contributed by atoms with E-state index in [2.05, 4.69) is 37.0 Å². The van der Waals surface area contributed by atoms with Crippen molar-refractivity contribution in [1.82, 2.24) is 4.98 Å². The smallest absolute Gasteiger partial charge is 0.0393 e. The Morgan fingerprint density at radius 2 is 2.06 bits per heavy atom. The molecular formula is C15H20N2S. The molecule has 96 valence electrons. The monoisotopic (exact) mass is 260 g/mol. The van der Waals surface area contributed by atoms with E-state index in [9.17, 15) is 0 Å². The fourth-order valence-electron chi connectivity index (χ4n) is 1.98. The van der Waals surface area contributed by atoms with E-state index in [1.165, 1.54) is 16.3 Å². The number of hydrogen-bond donors (Lipinski definition) is 1. The average Bonchev–Trinajstić information content (AvgIpc) is 2.37. The summed E-state index contributed by atoms with van der Waals surface area (Å²) in [5.41, 5.74) is 7.50. The fourth-order valence-corrected chi connectivity index (χ4v) is 3.02. The van der Waals surface area contributed by atoms with E-state index in [0.717, 1.165) is 17.4 Å². The third kappa shape index (κ3) is 3.24. The number of rotatable bonds is 5. The first kappa shape index (κ1) is 13.4. The Morgan fingerprint density at radius 1 is 1.22 bits per heavy atom. The lowest BCUT2D eigenvalue weighted by Crippen LogP contribution is -2.14. The summed E-state index contributed by atoms with van der Waals surface area (Å²) in [7, 11) is 0. The lowest BCUT2D eigenvalue weighted by Gasteiger charge is -2.15. The van der Waals surface area contributed by atoms with Crippen LogP contribution in [0, 0.1) is 5.92 Å². The van der Waals surface area contributed by atoms with Gasteiger partial charge in [0.25, 0.3) is 0 Å². The van der Waals surface area contributed by atoms with Gasteiger partial charge in [0.15, 0.2) is 0 Å². The third-order valence-electron chi connectivity index (χ3n) is 2.87. The maximum absolute atomic E-state index is 6.30. The lowest BCUT2D eigenvalue weighted by atomic mass is 10.0. The Kier molecular flexibility index (Phi) is 4.61. The van der Waals surface area contributed by atoms with Crippen LogP contribution < -0.4 is 5.73 Å². The molecule has 2 nitrogen and oxygen atoms in total. The van der Waals surface area contributed by atoms with Crippen LogP contribution in [0.4, 0.5) is 0 Å². The summed E-state index contributed by atoms with van der Waals surface area (Å²) in [5, 5.41) is 2.39. The summed E-state index contributed by atoms with van der Waals surface area (Å²) >= 11 is 1.93. The molecule has 3 heteroatoms. The number of pyridine rings is 1. The number of nitrogens with zero attached hydrogens (tertiary/aromatic N) is 1. The van der Waals surface area contributed by atoms with Gasteiger partial charge in [-0.3, -0.25) is 4.98 Å². The predicted octanol–water partition coefficient (Wildman–Crippen LogP) is 3.62. The molecule has 0 saturated heterocycles. The van der Waals surface area contributed by atoms with E-state index >= 15 is 0 Å². The first-order valence-electron chi connectivity index (χ1n) is 6.34. The number of nitrogens with two attached hydrogens (primary N) is 1. The van der Waals surface area contributed by atoms with Gasteiger partial charge in [-0.25, -0.2) is 0 Å². The van der Waals surface area contributed by atoms with Crippen LogP contribution >= 0.6 is 11.8 Å². The molecule has 0 amide bonds. The van der Waals surface area contributed by atoms with Crippen LogP contribution in [0.15, 0.2) is 36.7 Å². The van der Waals surface area contributed by atoms with Gasteiger partial charge in [0.05, 0.1) is 0 Å². The van der Waals surface area contributed by atoms with E-state index in [1.54, 1.807) is 0 Å². The van der Waals surface area contributed by atoms with Crippen LogP contribution in [-0.4, -0.2) is 16.5 Å². The van der Waals surface area contributed by atoms with E-state index in [-0.39, 0.29) is 6.04 Å². The van der Waals surface area contributed by atoms with Crippen molar-refractivity contribution in [3.8, 4) is 0 Å². The van der Waals surface area contributed by atoms with Crippen molar-refractivity contribution in [1.29, 1.82) is 0 Å². The zero-order valence-corrected chi connectivity index (χ0v) is 11.8. The van der Waals surface area contributed by atoms with E-state index < -0.39 is 0 Å². The molecule has 0 bridgehead atoms. The highest BCUT2D eigenvalue weighted by Crippen LogP contribution is 2.25. The molecule has 0 saturated carbocycles. The zero-order chi connectivity index (χ0) is 13.0. The number of fused-ring (bicyclic) bond motifs is 1. The van der Waals surface area contributed by atoms with Crippen LogP contribution in [0.25, 0.3) is 10.8 Å². The highest BCUT2D eigenvalue weighted by Gasteiger charge is 2.10. The van der Waals surface area contributed by atoms with Gasteiger partial charge < -0.3 is 5.73 Å². The molecule has 2 rings (SSSR count). The van der Waals surface area contributed by atoms with Gasteiger partial charge in [0, 0.05) is 29.6 Å². The molecule has 1 unspecified atom stereocenters. The van der Waals surface area contributed by atoms with Crippen LogP contribution in [0.3, 0.4) is 0 Å². The summed E-state index contributed by atoms with van der Waals surface area (Å²) in [4.78, 5) is 4.20. The summed E-state index contributed by atoms with van der Waals surface area (Å²) in [6, 6.07) is 8.41. The highest BCUT2D eigenvalue weighted by atomic mass is 32.2. The van der Waals surface area contributed by atoms with Gasteiger partial charge in [-0.1, -0.05) is 32.0 Å². The van der Waals surface area contributed by atoms with Crippen LogP contribution in [-0.2, 0) is 0 Å². The molecule has 0 aliphatic heterocycles. The number of hydrogen-bond acceptors (Lipinski definition) is 3. The second kappa shape index (κ2) is 6.21. The molecule has 0 radical (unpaired) electrons. The molecular weight excluding hydrogens is 240 g/mol. The first-order valence-corrected chi connectivity index (χ1v) is 7.50. The minimum atomic E-state index is 0.0849. The van der Waals surface area contributed by atoms with Crippen molar-refractivity contribution in [2.45, 2.75) is 19.9 Å². The summed E-state index contributed by atoms with van der Waals surface area (Å²) in [5.74, 6) is 2.85. The minimum absolute atomic E-state index is 0.0849. The first-order chi connectivity index (χ1) is 8.68. The Labute approximate surface area is 113 Å². The van der Waals surface area contributed by atoms with Crippen molar-refractivity contribution in [2.75, 3.05) is 11.5 Å². The van der Waals surface area contributed by atoms with Crippen molar-refractivity contribution in [3.05, 3.63) is 42.2 Å². The number of thioether (sulfide) groups is 1. The molecule has 2 aromatic rings. The lowest BCUT2D eigenvalue weighted by molar-refractivity contribution is 0.746. The van der Waals surface area contributed by atoms with Gasteiger partial charge >= 0.3 is 0 Å². The topological polar surface area (TPSA) is 38.9 Å². The molecule has 1 aromatic carbocycles. The Balaban J connectivity index is 2.15. The SMILES string of the molecule is CC(C)CSCC(N)c1cccc2ccncc12. The van der Waals surface area contributed by atoms with E-state index in [1.807, 2.05) is 30.2 Å². The van der Waals surface area contributed by atoms with E-state index in [0.29, 0.717) is 0 Å². The van der Waals surface area contributed by atoms with Gasteiger partial charge in [0.1, 0.15) is 0 Å². The minimum Gasteiger partial charge on any atom is -0.323 e. The van der Waals surface area contributed by atoms with Gasteiger partial charge in [0.2, 0.25) is 0 Å². The molecule has 0 aliphatic carbocycles. The van der Waals surface area contributed by atoms with Crippen molar-refractivity contribution >= 4 is 22.5 Å². The number of aromatic nitrogens is 1. The largest absolute Gasteiger partial charge is 0.323 e. The van der Waals surface area contributed by atoms with E-state index in [4.69, 9.17) is 5.73 Å². The van der Waals surface area contributed by atoms with Crippen LogP contribution in [0.2, 0.25) is 0 Å². The van der Waals surface area contributed by atoms with Crippen molar-refractivity contribution in [2.24, 2.45) is 11.7 Å². The highest BCUT2D eigenvalue weighted by molar-refractivity contribution is 7.99. The molecule has 1 atom stereocenters. The third-order valence-corrected chi connectivity index (χ3v) is 4.36. The summed E-state index contributed by atoms with van der Waals surface area (Å²) in [6.07, 6.45) is 3.74. The van der Waals surface area contributed by atoms with Gasteiger partial charge in [-0.2, -0.15) is 11.8 Å². The molecule has 1 aromatic heterocycles. The van der Waals surface area contributed by atoms with Gasteiger partial charge in [-0.05, 0) is 28.7 Å². The van der Waals surface area contributed by atoms with Crippen LogP contribution in [0.5, 0.6) is 0 Å². The fraction of sp³-hybridized carbons (Fsp3) is 0.400. The maximum atomic E-state index is 6.30. The van der Waals surface area contributed by atoms with Crippen LogP contribution in [0.1, 0.15) is 25.5 Å². The Morgan fingerprint density at radius 3 is 2.83 bits per heavy atom. The second-order valence-electron chi connectivity index (χ2n) is 4.98. The van der Waals surface area contributed by atoms with Gasteiger partial charge in [-0.15, -0.1) is 0 Å². The molecule has 18 heavy (non-hydrogen) atoms. The second-order valence-corrected chi connectivity index (χ2v) is 6.06. The summed E-state index contributed by atoms with van der Waals surface area (Å²) < 4.78 is 0. The molecule has 2 N–H and O–H groups in total. The quantitative estimate of drug-likeness (QED) is 0.892. The predicted molar refractivity (Wildman–Crippen MR) is 80.8 cm³/mol. The molecule has 0 aliphatic rings. The van der Waals surface area contributed by atoms with Crippen molar-refractivity contribution in [3.63, 3.8) is 0 Å². The summed E-state index contributed by atoms with van der Waals surface area (Å²) in [6.45, 7) is 4.47.